The molecule has 0 saturated carbocycles. The Labute approximate surface area is 219 Å². The number of hydrogen-bond acceptors (Lipinski definition) is 0. The molecular formula is C37H30. The Hall–Kier alpha value is -4.42. The van der Waals surface area contributed by atoms with Crippen molar-refractivity contribution in [1.82, 2.24) is 0 Å². The largest absolute Gasteiger partial charge is 0.0713 e. The monoisotopic (exact) mass is 474 g/mol. The van der Waals surface area contributed by atoms with Crippen LogP contribution in [0.25, 0.3) is 33.0 Å². The SMILES string of the molecule is CC.c1ccc(C2(c3ccccc3)c3ccccc3-c3c(-c4ccc5ccccc5c4)cccc32)cc1. The predicted octanol–water partition coefficient (Wildman–Crippen LogP) is 9.90. The summed E-state index contributed by atoms with van der Waals surface area (Å²) >= 11 is 0. The molecule has 0 aromatic heterocycles. The maximum atomic E-state index is 2.33. The van der Waals surface area contributed by atoms with Crippen molar-refractivity contribution < 1.29 is 0 Å². The standard InChI is InChI=1S/C35H24.C2H6/c1-3-14-28(15-4-1)35(29-16-5-2-6-17-29)32-20-10-9-18-31(32)34-30(19-11-21-33(34)35)27-23-22-25-12-7-8-13-26(25)24-27;1-2/h1-24H;1-2H3. The summed E-state index contributed by atoms with van der Waals surface area (Å²) in [6.45, 7) is 4.00. The van der Waals surface area contributed by atoms with Crippen molar-refractivity contribution >= 4 is 10.8 Å². The van der Waals surface area contributed by atoms with Crippen molar-refractivity contribution in [2.24, 2.45) is 0 Å². The van der Waals surface area contributed by atoms with Crippen LogP contribution in [0.15, 0.2) is 146 Å². The molecule has 0 heteroatoms. The molecule has 1 aliphatic rings. The summed E-state index contributed by atoms with van der Waals surface area (Å²) < 4.78 is 0. The van der Waals surface area contributed by atoms with Crippen LogP contribution in [0.2, 0.25) is 0 Å². The third-order valence-corrected chi connectivity index (χ3v) is 7.54. The third-order valence-electron chi connectivity index (χ3n) is 7.54. The van der Waals surface area contributed by atoms with Gasteiger partial charge in [0.1, 0.15) is 0 Å². The van der Waals surface area contributed by atoms with Crippen molar-refractivity contribution in [2.75, 3.05) is 0 Å². The fourth-order valence-corrected chi connectivity index (χ4v) is 6.09. The summed E-state index contributed by atoms with van der Waals surface area (Å²) in [7, 11) is 0. The molecule has 0 amide bonds. The molecular weight excluding hydrogens is 444 g/mol. The highest BCUT2D eigenvalue weighted by Gasteiger charge is 2.46. The van der Waals surface area contributed by atoms with Gasteiger partial charge in [0.05, 0.1) is 5.41 Å². The van der Waals surface area contributed by atoms with Crippen molar-refractivity contribution in [3.05, 3.63) is 168 Å². The Balaban J connectivity index is 0.00000123. The Morgan fingerprint density at radius 1 is 0.405 bits per heavy atom. The van der Waals surface area contributed by atoms with Crippen LogP contribution in [0.3, 0.4) is 0 Å². The average Bonchev–Trinajstić information content (AvgIpc) is 3.30. The average molecular weight is 475 g/mol. The molecule has 178 valence electrons. The summed E-state index contributed by atoms with van der Waals surface area (Å²) in [5.41, 5.74) is 10.1. The van der Waals surface area contributed by atoms with Gasteiger partial charge in [0.15, 0.2) is 0 Å². The van der Waals surface area contributed by atoms with Crippen LogP contribution >= 0.6 is 0 Å². The van der Waals surface area contributed by atoms with Gasteiger partial charge < -0.3 is 0 Å². The topological polar surface area (TPSA) is 0 Å². The van der Waals surface area contributed by atoms with Gasteiger partial charge in [0.2, 0.25) is 0 Å². The van der Waals surface area contributed by atoms with E-state index in [1.807, 2.05) is 13.8 Å². The van der Waals surface area contributed by atoms with Crippen LogP contribution in [0.1, 0.15) is 36.1 Å². The normalized spacial score (nSPS) is 12.8. The zero-order valence-electron chi connectivity index (χ0n) is 21.4. The maximum Gasteiger partial charge on any atom is 0.0713 e. The summed E-state index contributed by atoms with van der Waals surface area (Å²) in [5.74, 6) is 0. The van der Waals surface area contributed by atoms with Crippen molar-refractivity contribution in [3.8, 4) is 22.3 Å². The quantitative estimate of drug-likeness (QED) is 0.239. The van der Waals surface area contributed by atoms with Gasteiger partial charge in [0, 0.05) is 0 Å². The first-order valence-electron chi connectivity index (χ1n) is 13.2. The van der Waals surface area contributed by atoms with Crippen molar-refractivity contribution in [3.63, 3.8) is 0 Å². The summed E-state index contributed by atoms with van der Waals surface area (Å²) in [4.78, 5) is 0. The first kappa shape index (κ1) is 23.0. The second-order valence-electron chi connectivity index (χ2n) is 9.32. The molecule has 0 radical (unpaired) electrons. The predicted molar refractivity (Wildman–Crippen MR) is 158 cm³/mol. The lowest BCUT2D eigenvalue weighted by atomic mass is 9.67. The van der Waals surface area contributed by atoms with E-state index >= 15 is 0 Å². The minimum Gasteiger partial charge on any atom is -0.0683 e. The molecule has 0 aliphatic heterocycles. The Morgan fingerprint density at radius 3 is 1.65 bits per heavy atom. The van der Waals surface area contributed by atoms with Crippen LogP contribution in [0, 0.1) is 0 Å². The molecule has 1 aliphatic carbocycles. The first-order chi connectivity index (χ1) is 18.4. The molecule has 0 atom stereocenters. The van der Waals surface area contributed by atoms with Gasteiger partial charge in [-0.2, -0.15) is 0 Å². The van der Waals surface area contributed by atoms with Crippen molar-refractivity contribution in [2.45, 2.75) is 19.3 Å². The van der Waals surface area contributed by atoms with E-state index in [4.69, 9.17) is 0 Å². The molecule has 0 saturated heterocycles. The Morgan fingerprint density at radius 2 is 0.946 bits per heavy atom. The van der Waals surface area contributed by atoms with E-state index in [0.717, 1.165) is 0 Å². The van der Waals surface area contributed by atoms with Crippen LogP contribution < -0.4 is 0 Å². The number of benzene rings is 6. The van der Waals surface area contributed by atoms with Gasteiger partial charge in [0.25, 0.3) is 0 Å². The van der Waals surface area contributed by atoms with Gasteiger partial charge in [-0.25, -0.2) is 0 Å². The van der Waals surface area contributed by atoms with E-state index in [0.29, 0.717) is 0 Å². The van der Waals surface area contributed by atoms with E-state index < -0.39 is 0 Å². The Bertz CT molecular complexity index is 1640. The van der Waals surface area contributed by atoms with E-state index in [2.05, 4.69) is 146 Å². The molecule has 6 aromatic carbocycles. The summed E-state index contributed by atoms with van der Waals surface area (Å²) in [5, 5.41) is 2.54. The molecule has 0 N–H and O–H groups in total. The minimum atomic E-state index is -0.360. The number of hydrogen-bond donors (Lipinski definition) is 0. The number of rotatable bonds is 3. The smallest absolute Gasteiger partial charge is 0.0683 e. The minimum absolute atomic E-state index is 0.360. The van der Waals surface area contributed by atoms with Crippen LogP contribution in [-0.4, -0.2) is 0 Å². The lowest BCUT2D eigenvalue weighted by Gasteiger charge is -2.34. The fourth-order valence-electron chi connectivity index (χ4n) is 6.09. The van der Waals surface area contributed by atoms with Gasteiger partial charge >= 0.3 is 0 Å². The van der Waals surface area contributed by atoms with Gasteiger partial charge in [-0.15, -0.1) is 0 Å². The van der Waals surface area contributed by atoms with Crippen LogP contribution in [0.5, 0.6) is 0 Å². The lowest BCUT2D eigenvalue weighted by Crippen LogP contribution is -2.28. The highest BCUT2D eigenvalue weighted by Crippen LogP contribution is 2.58. The Kier molecular flexibility index (Phi) is 5.94. The molecule has 0 heterocycles. The molecule has 0 spiro atoms. The molecule has 0 bridgehead atoms. The molecule has 6 aromatic rings. The van der Waals surface area contributed by atoms with E-state index in [-0.39, 0.29) is 5.41 Å². The highest BCUT2D eigenvalue weighted by molar-refractivity contribution is 5.97. The number of fused-ring (bicyclic) bond motifs is 4. The molecule has 0 nitrogen and oxygen atoms in total. The zero-order chi connectivity index (χ0) is 25.2. The van der Waals surface area contributed by atoms with Crippen molar-refractivity contribution in [1.29, 1.82) is 0 Å². The lowest BCUT2D eigenvalue weighted by molar-refractivity contribution is 0.768. The second-order valence-corrected chi connectivity index (χ2v) is 9.32. The van der Waals surface area contributed by atoms with Gasteiger partial charge in [-0.05, 0) is 61.3 Å². The third kappa shape index (κ3) is 3.52. The van der Waals surface area contributed by atoms with Crippen LogP contribution in [-0.2, 0) is 5.41 Å². The molecule has 37 heavy (non-hydrogen) atoms. The van der Waals surface area contributed by atoms with E-state index in [1.165, 1.54) is 55.3 Å². The van der Waals surface area contributed by atoms with Gasteiger partial charge in [-0.1, -0.05) is 153 Å². The maximum absolute atomic E-state index is 2.33. The zero-order valence-corrected chi connectivity index (χ0v) is 21.4. The first-order valence-corrected chi connectivity index (χ1v) is 13.2. The molecule has 7 rings (SSSR count). The highest BCUT2D eigenvalue weighted by atomic mass is 14.5. The molecule has 0 fully saturated rings. The van der Waals surface area contributed by atoms with Gasteiger partial charge in [-0.3, -0.25) is 0 Å². The fraction of sp³-hybridized carbons (Fsp3) is 0.0811. The summed E-state index contributed by atoms with van der Waals surface area (Å²) in [6, 6.07) is 53.2. The van der Waals surface area contributed by atoms with Crippen LogP contribution in [0.4, 0.5) is 0 Å². The van der Waals surface area contributed by atoms with E-state index in [9.17, 15) is 0 Å². The second kappa shape index (κ2) is 9.56. The summed E-state index contributed by atoms with van der Waals surface area (Å²) in [6.07, 6.45) is 0. The van der Waals surface area contributed by atoms with E-state index in [1.54, 1.807) is 0 Å². The molecule has 0 unspecified atom stereocenters.